The molecule has 0 saturated carbocycles. The molecule has 132 valence electrons. The molecule has 2 heterocycles. The van der Waals surface area contributed by atoms with Gasteiger partial charge in [-0.15, -0.1) is 12.4 Å². The number of hydrogen-bond donors (Lipinski definition) is 1. The van der Waals surface area contributed by atoms with E-state index < -0.39 is 10.0 Å². The predicted octanol–water partition coefficient (Wildman–Crippen LogP) is 2.71. The maximum Gasteiger partial charge on any atom is 0.243 e. The first kappa shape index (κ1) is 19.1. The monoisotopic (exact) mass is 369 g/mol. The van der Waals surface area contributed by atoms with Crippen LogP contribution >= 0.6 is 12.4 Å². The molecule has 1 fully saturated rings. The van der Waals surface area contributed by atoms with Gasteiger partial charge in [-0.25, -0.2) is 8.42 Å². The van der Waals surface area contributed by atoms with Gasteiger partial charge in [0.2, 0.25) is 10.0 Å². The Labute approximate surface area is 149 Å². The Morgan fingerprint density at radius 1 is 1.33 bits per heavy atom. The van der Waals surface area contributed by atoms with Crippen LogP contribution < -0.4 is 5.73 Å². The third-order valence-corrected chi connectivity index (χ3v) is 6.64. The van der Waals surface area contributed by atoms with E-state index in [1.54, 1.807) is 22.6 Å². The van der Waals surface area contributed by atoms with Gasteiger partial charge in [0.1, 0.15) is 0 Å². The molecule has 3 rings (SSSR count). The van der Waals surface area contributed by atoms with Crippen molar-refractivity contribution >= 4 is 33.3 Å². The molecular weight excluding hydrogens is 346 g/mol. The van der Waals surface area contributed by atoms with E-state index in [2.05, 4.69) is 4.98 Å². The van der Waals surface area contributed by atoms with E-state index in [0.29, 0.717) is 23.4 Å². The molecular formula is C17H24ClN3O2S. The molecule has 0 spiro atoms. The zero-order chi connectivity index (χ0) is 16.6. The molecule has 0 amide bonds. The minimum Gasteiger partial charge on any atom is -0.328 e. The molecule has 0 aliphatic carbocycles. The van der Waals surface area contributed by atoms with Gasteiger partial charge in [0.05, 0.1) is 10.4 Å². The Hall–Kier alpha value is -1.21. The molecule has 1 aliphatic rings. The van der Waals surface area contributed by atoms with Crippen molar-refractivity contribution in [2.45, 2.75) is 37.6 Å². The Balaban J connectivity index is 0.00000208. The number of hydrogen-bond acceptors (Lipinski definition) is 4. The van der Waals surface area contributed by atoms with Crippen molar-refractivity contribution in [3.8, 4) is 0 Å². The summed E-state index contributed by atoms with van der Waals surface area (Å²) in [5.74, 6) is 0.216. The first-order valence-corrected chi connectivity index (χ1v) is 9.45. The second-order valence-corrected chi connectivity index (χ2v) is 8.31. The molecule has 1 aromatic heterocycles. The normalized spacial score (nSPS) is 20.5. The molecule has 0 radical (unpaired) electrons. The topological polar surface area (TPSA) is 76.3 Å². The van der Waals surface area contributed by atoms with Gasteiger partial charge in [0, 0.05) is 30.7 Å². The molecule has 1 aromatic carbocycles. The fraction of sp³-hybridized carbons (Fsp3) is 0.471. The van der Waals surface area contributed by atoms with Gasteiger partial charge < -0.3 is 5.73 Å². The van der Waals surface area contributed by atoms with Crippen LogP contribution in [-0.4, -0.2) is 36.8 Å². The zero-order valence-corrected chi connectivity index (χ0v) is 15.6. The van der Waals surface area contributed by atoms with Crippen LogP contribution in [0.4, 0.5) is 0 Å². The number of nitrogens with two attached hydrogens (primary N) is 1. The van der Waals surface area contributed by atoms with Gasteiger partial charge in [0.25, 0.3) is 0 Å². The van der Waals surface area contributed by atoms with E-state index in [0.717, 1.165) is 23.9 Å². The van der Waals surface area contributed by atoms with Crippen LogP contribution in [0.2, 0.25) is 0 Å². The number of rotatable bonds is 3. The maximum absolute atomic E-state index is 13.1. The molecule has 7 heteroatoms. The van der Waals surface area contributed by atoms with Crippen LogP contribution in [0.5, 0.6) is 0 Å². The van der Waals surface area contributed by atoms with Gasteiger partial charge in [0.15, 0.2) is 0 Å². The Morgan fingerprint density at radius 2 is 2.08 bits per heavy atom. The standard InChI is InChI=1S/C17H23N3O2S.ClH/c1-12-7-8-16(15-6-3-9-19-17(12)15)23(21,22)20-10-4-5-14(11-20)13(2)18;/h3,6-9,13-14H,4-5,10-11,18H2,1-2H3;1H. The molecule has 2 N–H and O–H groups in total. The third kappa shape index (κ3) is 3.42. The summed E-state index contributed by atoms with van der Waals surface area (Å²) in [4.78, 5) is 4.68. The molecule has 1 saturated heterocycles. The second kappa shape index (κ2) is 7.35. The van der Waals surface area contributed by atoms with E-state index >= 15 is 0 Å². The Kier molecular flexibility index (Phi) is 5.86. The largest absolute Gasteiger partial charge is 0.328 e. The van der Waals surface area contributed by atoms with Gasteiger partial charge in [-0.1, -0.05) is 6.07 Å². The lowest BCUT2D eigenvalue weighted by Crippen LogP contribution is -2.45. The van der Waals surface area contributed by atoms with Crippen LogP contribution in [0.25, 0.3) is 10.9 Å². The highest BCUT2D eigenvalue weighted by Gasteiger charge is 2.32. The van der Waals surface area contributed by atoms with Crippen molar-refractivity contribution in [1.82, 2.24) is 9.29 Å². The average molecular weight is 370 g/mol. The molecule has 5 nitrogen and oxygen atoms in total. The van der Waals surface area contributed by atoms with Gasteiger partial charge >= 0.3 is 0 Å². The summed E-state index contributed by atoms with van der Waals surface area (Å²) in [5, 5.41) is 0.690. The second-order valence-electron chi connectivity index (χ2n) is 6.40. The van der Waals surface area contributed by atoms with Crippen LogP contribution in [0.3, 0.4) is 0 Å². The number of benzene rings is 1. The maximum atomic E-state index is 13.1. The predicted molar refractivity (Wildman–Crippen MR) is 98.9 cm³/mol. The van der Waals surface area contributed by atoms with Crippen molar-refractivity contribution in [2.75, 3.05) is 13.1 Å². The van der Waals surface area contributed by atoms with Crippen LogP contribution in [0.15, 0.2) is 35.4 Å². The number of pyridine rings is 1. The quantitative estimate of drug-likeness (QED) is 0.902. The van der Waals surface area contributed by atoms with E-state index in [9.17, 15) is 8.42 Å². The zero-order valence-electron chi connectivity index (χ0n) is 14.0. The van der Waals surface area contributed by atoms with Gasteiger partial charge in [-0.05, 0) is 56.4 Å². The molecule has 1 aliphatic heterocycles. The summed E-state index contributed by atoms with van der Waals surface area (Å²) in [7, 11) is -3.53. The molecule has 2 atom stereocenters. The molecule has 24 heavy (non-hydrogen) atoms. The minimum absolute atomic E-state index is 0. The van der Waals surface area contributed by atoms with Crippen LogP contribution in [-0.2, 0) is 10.0 Å². The van der Waals surface area contributed by atoms with Gasteiger partial charge in [-0.2, -0.15) is 4.31 Å². The highest BCUT2D eigenvalue weighted by atomic mass is 35.5. The number of piperidine rings is 1. The smallest absolute Gasteiger partial charge is 0.243 e. The highest BCUT2D eigenvalue weighted by Crippen LogP contribution is 2.30. The van der Waals surface area contributed by atoms with E-state index in [-0.39, 0.29) is 24.4 Å². The summed E-state index contributed by atoms with van der Waals surface area (Å²) >= 11 is 0. The SMILES string of the molecule is Cc1ccc(S(=O)(=O)N2CCCC(C(C)N)C2)c2cccnc12.Cl. The molecule has 0 bridgehead atoms. The highest BCUT2D eigenvalue weighted by molar-refractivity contribution is 7.89. The number of nitrogens with zero attached hydrogens (tertiary/aromatic N) is 2. The third-order valence-electron chi connectivity index (χ3n) is 4.71. The first-order valence-electron chi connectivity index (χ1n) is 8.01. The number of aryl methyl sites for hydroxylation is 1. The van der Waals surface area contributed by atoms with Crippen molar-refractivity contribution < 1.29 is 8.42 Å². The van der Waals surface area contributed by atoms with Crippen LogP contribution in [0, 0.1) is 12.8 Å². The minimum atomic E-state index is -3.53. The summed E-state index contributed by atoms with van der Waals surface area (Å²) in [5.41, 5.74) is 7.71. The first-order chi connectivity index (χ1) is 10.9. The van der Waals surface area contributed by atoms with Gasteiger partial charge in [-0.3, -0.25) is 4.98 Å². The van der Waals surface area contributed by atoms with Crippen LogP contribution in [0.1, 0.15) is 25.3 Å². The van der Waals surface area contributed by atoms with E-state index in [1.165, 1.54) is 0 Å². The lowest BCUT2D eigenvalue weighted by atomic mass is 9.93. The van der Waals surface area contributed by atoms with Crippen molar-refractivity contribution in [3.63, 3.8) is 0 Å². The summed E-state index contributed by atoms with van der Waals surface area (Å²) < 4.78 is 27.9. The lowest BCUT2D eigenvalue weighted by Gasteiger charge is -2.34. The fourth-order valence-corrected chi connectivity index (χ4v) is 4.99. The van der Waals surface area contributed by atoms with Crippen molar-refractivity contribution in [1.29, 1.82) is 0 Å². The number of fused-ring (bicyclic) bond motifs is 1. The van der Waals surface area contributed by atoms with Crippen molar-refractivity contribution in [2.24, 2.45) is 11.7 Å². The molecule has 2 unspecified atom stereocenters. The Bertz CT molecular complexity index is 824. The number of aromatic nitrogens is 1. The average Bonchev–Trinajstić information content (AvgIpc) is 2.55. The van der Waals surface area contributed by atoms with E-state index in [4.69, 9.17) is 5.73 Å². The number of sulfonamides is 1. The molecule has 2 aromatic rings. The van der Waals surface area contributed by atoms with E-state index in [1.807, 2.05) is 26.0 Å². The lowest BCUT2D eigenvalue weighted by molar-refractivity contribution is 0.243. The number of halogens is 1. The summed E-state index contributed by atoms with van der Waals surface area (Å²) in [6.07, 6.45) is 3.53. The fourth-order valence-electron chi connectivity index (χ4n) is 3.27. The summed E-state index contributed by atoms with van der Waals surface area (Å²) in [6.45, 7) is 4.95. The Morgan fingerprint density at radius 3 is 2.79 bits per heavy atom. The van der Waals surface area contributed by atoms with Crippen molar-refractivity contribution in [3.05, 3.63) is 36.0 Å². The summed E-state index contributed by atoms with van der Waals surface area (Å²) in [6, 6.07) is 7.14.